The summed E-state index contributed by atoms with van der Waals surface area (Å²) in [7, 11) is 0. The summed E-state index contributed by atoms with van der Waals surface area (Å²) in [6, 6.07) is 7.90. The molecule has 5 heteroatoms. The number of fused-ring (bicyclic) bond motifs is 1. The topological polar surface area (TPSA) is 58.2 Å². The Hall–Kier alpha value is -1.88. The lowest BCUT2D eigenvalue weighted by Crippen LogP contribution is -2.57. The number of carbonyl (C=O) groups is 1. The normalized spacial score (nSPS) is 20.7. The SMILES string of the molecule is O=C(Cc1[nH]nc2ccccc12)N1CCOC2(CCC2)C1. The van der Waals surface area contributed by atoms with Crippen molar-refractivity contribution < 1.29 is 9.53 Å². The van der Waals surface area contributed by atoms with Gasteiger partial charge in [-0.1, -0.05) is 18.2 Å². The van der Waals surface area contributed by atoms with Gasteiger partial charge in [-0.15, -0.1) is 0 Å². The standard InChI is InChI=1S/C16H19N3O2/c20-15(19-8-9-21-16(11-19)6-3-7-16)10-14-12-4-1-2-5-13(12)17-18-14/h1-2,4-5H,3,6-11H2,(H,17,18). The van der Waals surface area contributed by atoms with Crippen molar-refractivity contribution in [2.45, 2.75) is 31.3 Å². The highest BCUT2D eigenvalue weighted by molar-refractivity contribution is 5.87. The Morgan fingerprint density at radius 1 is 1.38 bits per heavy atom. The highest BCUT2D eigenvalue weighted by Gasteiger charge is 2.43. The number of aromatic nitrogens is 2. The monoisotopic (exact) mass is 285 g/mol. The van der Waals surface area contributed by atoms with Crippen molar-refractivity contribution >= 4 is 16.8 Å². The Labute approximate surface area is 123 Å². The van der Waals surface area contributed by atoms with Crippen LogP contribution >= 0.6 is 0 Å². The van der Waals surface area contributed by atoms with E-state index in [2.05, 4.69) is 10.2 Å². The van der Waals surface area contributed by atoms with Crippen molar-refractivity contribution in [1.29, 1.82) is 0 Å². The molecule has 0 unspecified atom stereocenters. The second-order valence-corrected chi connectivity index (χ2v) is 6.10. The van der Waals surface area contributed by atoms with Crippen molar-refractivity contribution in [1.82, 2.24) is 15.1 Å². The first-order valence-corrected chi connectivity index (χ1v) is 7.60. The average molecular weight is 285 g/mol. The molecule has 4 rings (SSSR count). The first-order valence-electron chi connectivity index (χ1n) is 7.60. The van der Waals surface area contributed by atoms with E-state index in [0.29, 0.717) is 19.6 Å². The molecule has 2 heterocycles. The molecule has 5 nitrogen and oxygen atoms in total. The summed E-state index contributed by atoms with van der Waals surface area (Å²) in [6.07, 6.45) is 3.78. The zero-order valence-electron chi connectivity index (χ0n) is 12.0. The van der Waals surface area contributed by atoms with Gasteiger partial charge in [-0.05, 0) is 25.3 Å². The highest BCUT2D eigenvalue weighted by Crippen LogP contribution is 2.38. The molecule has 0 atom stereocenters. The number of hydrogen-bond donors (Lipinski definition) is 1. The number of H-pyrrole nitrogens is 1. The maximum atomic E-state index is 12.6. The van der Waals surface area contributed by atoms with Gasteiger partial charge < -0.3 is 9.64 Å². The molecule has 1 N–H and O–H groups in total. The zero-order valence-corrected chi connectivity index (χ0v) is 12.0. The molecule has 1 saturated heterocycles. The molecule has 1 aliphatic carbocycles. The first-order chi connectivity index (χ1) is 10.3. The van der Waals surface area contributed by atoms with Gasteiger partial charge in [-0.3, -0.25) is 9.89 Å². The third-order valence-electron chi connectivity index (χ3n) is 4.73. The minimum absolute atomic E-state index is 0.0377. The molecule has 110 valence electrons. The van der Waals surface area contributed by atoms with Crippen molar-refractivity contribution in [2.75, 3.05) is 19.7 Å². The fourth-order valence-corrected chi connectivity index (χ4v) is 3.34. The lowest BCUT2D eigenvalue weighted by atomic mass is 9.79. The molecule has 0 radical (unpaired) electrons. The third-order valence-corrected chi connectivity index (χ3v) is 4.73. The zero-order chi connectivity index (χ0) is 14.3. The Kier molecular flexibility index (Phi) is 2.96. The Morgan fingerprint density at radius 3 is 3.05 bits per heavy atom. The van der Waals surface area contributed by atoms with Gasteiger partial charge in [0.15, 0.2) is 0 Å². The molecule has 1 amide bonds. The van der Waals surface area contributed by atoms with Crippen LogP contribution in [0.3, 0.4) is 0 Å². The maximum Gasteiger partial charge on any atom is 0.228 e. The minimum atomic E-state index is -0.0377. The van der Waals surface area contributed by atoms with E-state index in [-0.39, 0.29) is 11.5 Å². The van der Waals surface area contributed by atoms with Gasteiger partial charge in [0.2, 0.25) is 5.91 Å². The predicted octanol–water partition coefficient (Wildman–Crippen LogP) is 1.89. The molecule has 1 aliphatic heterocycles. The number of amides is 1. The summed E-state index contributed by atoms with van der Waals surface area (Å²) < 4.78 is 5.87. The largest absolute Gasteiger partial charge is 0.371 e. The number of carbonyl (C=O) groups excluding carboxylic acids is 1. The maximum absolute atomic E-state index is 12.6. The number of rotatable bonds is 2. The van der Waals surface area contributed by atoms with E-state index in [1.807, 2.05) is 29.2 Å². The summed E-state index contributed by atoms with van der Waals surface area (Å²) in [4.78, 5) is 14.5. The van der Waals surface area contributed by atoms with Gasteiger partial charge >= 0.3 is 0 Å². The van der Waals surface area contributed by atoms with Gasteiger partial charge in [-0.2, -0.15) is 5.10 Å². The van der Waals surface area contributed by atoms with Crippen molar-refractivity contribution in [3.8, 4) is 0 Å². The van der Waals surface area contributed by atoms with E-state index < -0.39 is 0 Å². The van der Waals surface area contributed by atoms with E-state index in [1.54, 1.807) is 0 Å². The van der Waals surface area contributed by atoms with Crippen molar-refractivity contribution in [3.05, 3.63) is 30.0 Å². The van der Waals surface area contributed by atoms with Gasteiger partial charge in [0, 0.05) is 18.5 Å². The molecule has 0 bridgehead atoms. The number of nitrogens with zero attached hydrogens (tertiary/aromatic N) is 2. The second kappa shape index (κ2) is 4.84. The average Bonchev–Trinajstić information content (AvgIpc) is 2.89. The molecule has 2 aliphatic rings. The van der Waals surface area contributed by atoms with Gasteiger partial charge in [0.05, 0.1) is 29.8 Å². The number of benzene rings is 1. The number of morpholine rings is 1. The number of para-hydroxylation sites is 1. The van der Waals surface area contributed by atoms with E-state index >= 15 is 0 Å². The molecule has 21 heavy (non-hydrogen) atoms. The summed E-state index contributed by atoms with van der Waals surface area (Å²) in [5.74, 6) is 0.166. The fraction of sp³-hybridized carbons (Fsp3) is 0.500. The minimum Gasteiger partial charge on any atom is -0.371 e. The number of nitrogens with one attached hydrogen (secondary N) is 1. The summed E-state index contributed by atoms with van der Waals surface area (Å²) in [6.45, 7) is 2.11. The van der Waals surface area contributed by atoms with Crippen LogP contribution in [-0.2, 0) is 16.0 Å². The van der Waals surface area contributed by atoms with E-state index in [4.69, 9.17) is 4.74 Å². The van der Waals surface area contributed by atoms with Gasteiger partial charge in [0.1, 0.15) is 0 Å². The lowest BCUT2D eigenvalue weighted by molar-refractivity contribution is -0.167. The molecule has 1 aromatic carbocycles. The van der Waals surface area contributed by atoms with Crippen molar-refractivity contribution in [3.63, 3.8) is 0 Å². The summed E-state index contributed by atoms with van der Waals surface area (Å²) in [5.41, 5.74) is 1.78. The molecule has 2 aromatic rings. The molecular formula is C16H19N3O2. The van der Waals surface area contributed by atoms with Crippen LogP contribution in [0.5, 0.6) is 0 Å². The second-order valence-electron chi connectivity index (χ2n) is 6.10. The predicted molar refractivity (Wildman–Crippen MR) is 78.9 cm³/mol. The van der Waals surface area contributed by atoms with E-state index in [9.17, 15) is 4.79 Å². The van der Waals surface area contributed by atoms with E-state index in [0.717, 1.165) is 36.0 Å². The van der Waals surface area contributed by atoms with Crippen molar-refractivity contribution in [2.24, 2.45) is 0 Å². The highest BCUT2D eigenvalue weighted by atomic mass is 16.5. The lowest BCUT2D eigenvalue weighted by Gasteiger charge is -2.48. The molecule has 2 fully saturated rings. The van der Waals surface area contributed by atoms with Crippen LogP contribution in [-0.4, -0.2) is 46.3 Å². The van der Waals surface area contributed by atoms with Crippen LogP contribution in [0, 0.1) is 0 Å². The van der Waals surface area contributed by atoms with Crippen LogP contribution in [0.1, 0.15) is 25.0 Å². The first kappa shape index (κ1) is 12.8. The quantitative estimate of drug-likeness (QED) is 0.916. The summed E-state index contributed by atoms with van der Waals surface area (Å²) >= 11 is 0. The fourth-order valence-electron chi connectivity index (χ4n) is 3.34. The Balaban J connectivity index is 1.50. The molecular weight excluding hydrogens is 266 g/mol. The van der Waals surface area contributed by atoms with E-state index in [1.165, 1.54) is 6.42 Å². The Bertz CT molecular complexity index is 675. The molecule has 1 spiro atoms. The van der Waals surface area contributed by atoms with Gasteiger partial charge in [0.25, 0.3) is 0 Å². The van der Waals surface area contributed by atoms with Crippen LogP contribution in [0.4, 0.5) is 0 Å². The van der Waals surface area contributed by atoms with Gasteiger partial charge in [-0.25, -0.2) is 0 Å². The Morgan fingerprint density at radius 2 is 2.24 bits per heavy atom. The number of hydrogen-bond acceptors (Lipinski definition) is 3. The number of ether oxygens (including phenoxy) is 1. The molecule has 1 aromatic heterocycles. The summed E-state index contributed by atoms with van der Waals surface area (Å²) in [5, 5.41) is 8.30. The third kappa shape index (κ3) is 2.21. The number of aromatic amines is 1. The van der Waals surface area contributed by atoms with Crippen LogP contribution in [0.25, 0.3) is 10.9 Å². The smallest absolute Gasteiger partial charge is 0.228 e. The van der Waals surface area contributed by atoms with Crippen LogP contribution < -0.4 is 0 Å². The molecule has 1 saturated carbocycles. The van der Waals surface area contributed by atoms with Crippen LogP contribution in [0.2, 0.25) is 0 Å². The van der Waals surface area contributed by atoms with Crippen LogP contribution in [0.15, 0.2) is 24.3 Å².